The van der Waals surface area contributed by atoms with Crippen LogP contribution in [0.1, 0.15) is 37.0 Å². The average molecular weight is 378 g/mol. The summed E-state index contributed by atoms with van der Waals surface area (Å²) in [5.41, 5.74) is 1.66. The normalized spacial score (nSPS) is 11.7. The van der Waals surface area contributed by atoms with E-state index >= 15 is 0 Å². The van der Waals surface area contributed by atoms with Gasteiger partial charge in [-0.05, 0) is 44.1 Å². The molecule has 2 aromatic carbocycles. The highest BCUT2D eigenvalue weighted by Crippen LogP contribution is 2.39. The van der Waals surface area contributed by atoms with Crippen molar-refractivity contribution in [2.75, 3.05) is 13.1 Å². The van der Waals surface area contributed by atoms with Gasteiger partial charge in [0.25, 0.3) is 5.91 Å². The number of hydrogen-bond donors (Lipinski definition) is 1. The summed E-state index contributed by atoms with van der Waals surface area (Å²) in [6.45, 7) is 6.75. The van der Waals surface area contributed by atoms with Crippen molar-refractivity contribution < 1.29 is 9.90 Å². The Balaban J connectivity index is 1.96. The molecular weight excluding hydrogens is 352 g/mol. The quantitative estimate of drug-likeness (QED) is 0.537. The molecule has 6 nitrogen and oxygen atoms in total. The predicted molar refractivity (Wildman–Crippen MR) is 111 cm³/mol. The average Bonchev–Trinajstić information content (AvgIpc) is 2.98. The van der Waals surface area contributed by atoms with Gasteiger partial charge in [-0.3, -0.25) is 14.3 Å². The van der Waals surface area contributed by atoms with Gasteiger partial charge in [0, 0.05) is 10.9 Å². The lowest BCUT2D eigenvalue weighted by atomic mass is 10.2. The largest absolute Gasteiger partial charge is 0.493 e. The highest BCUT2D eigenvalue weighted by molar-refractivity contribution is 5.97. The van der Waals surface area contributed by atoms with Crippen molar-refractivity contribution in [3.63, 3.8) is 0 Å². The van der Waals surface area contributed by atoms with Crippen LogP contribution < -0.4 is 0 Å². The zero-order valence-corrected chi connectivity index (χ0v) is 16.4. The molecule has 1 N–H and O–H groups in total. The summed E-state index contributed by atoms with van der Waals surface area (Å²) in [4.78, 5) is 14.6. The Morgan fingerprint density at radius 1 is 1.00 bits per heavy atom. The van der Waals surface area contributed by atoms with Crippen molar-refractivity contribution in [1.29, 1.82) is 0 Å². The van der Waals surface area contributed by atoms with Gasteiger partial charge >= 0.3 is 0 Å². The fraction of sp³-hybridized carbons (Fsp3) is 0.318. The Kier molecular flexibility index (Phi) is 6.55. The third-order valence-electron chi connectivity index (χ3n) is 4.60. The van der Waals surface area contributed by atoms with Crippen LogP contribution in [0.4, 0.5) is 5.69 Å². The first-order valence-corrected chi connectivity index (χ1v) is 9.69. The van der Waals surface area contributed by atoms with Crippen LogP contribution in [0.25, 0.3) is 10.9 Å². The lowest BCUT2D eigenvalue weighted by molar-refractivity contribution is 0.0995. The number of carbonyl (C=O) groups excluding carboxylic acids is 1. The molecule has 3 aromatic rings. The molecule has 1 aromatic heterocycles. The molecule has 0 aliphatic carbocycles. The summed E-state index contributed by atoms with van der Waals surface area (Å²) in [5, 5.41) is 19.6. The number of para-hydroxylation sites is 1. The van der Waals surface area contributed by atoms with Gasteiger partial charge in [0.15, 0.2) is 5.69 Å². The molecule has 0 spiro atoms. The van der Waals surface area contributed by atoms with Gasteiger partial charge in [-0.1, -0.05) is 50.2 Å². The minimum atomic E-state index is -0.435. The Morgan fingerprint density at radius 3 is 2.32 bits per heavy atom. The number of aromatic hydroxyl groups is 1. The monoisotopic (exact) mass is 378 g/mol. The molecule has 6 heteroatoms. The van der Waals surface area contributed by atoms with Crippen LogP contribution in [0, 0.1) is 0 Å². The van der Waals surface area contributed by atoms with E-state index in [1.165, 1.54) is 0 Å². The second kappa shape index (κ2) is 9.28. The first kappa shape index (κ1) is 19.8. The molecule has 0 fully saturated rings. The van der Waals surface area contributed by atoms with E-state index in [0.717, 1.165) is 36.8 Å². The third kappa shape index (κ3) is 4.28. The maximum atomic E-state index is 12.3. The molecule has 1 amide bonds. The second-order valence-corrected chi connectivity index (χ2v) is 6.75. The highest BCUT2D eigenvalue weighted by atomic mass is 16.3. The smallest absolute Gasteiger partial charge is 0.295 e. The molecule has 0 atom stereocenters. The fourth-order valence-electron chi connectivity index (χ4n) is 3.33. The predicted octanol–water partition coefficient (Wildman–Crippen LogP) is 5.35. The van der Waals surface area contributed by atoms with Gasteiger partial charge < -0.3 is 5.11 Å². The van der Waals surface area contributed by atoms with Crippen LogP contribution in [-0.4, -0.2) is 33.6 Å². The van der Waals surface area contributed by atoms with E-state index < -0.39 is 5.91 Å². The number of hydrogen-bond acceptors (Lipinski definition) is 4. The molecule has 28 heavy (non-hydrogen) atoms. The van der Waals surface area contributed by atoms with Crippen LogP contribution in [-0.2, 0) is 6.67 Å². The van der Waals surface area contributed by atoms with Gasteiger partial charge in [0.05, 0.1) is 12.2 Å². The van der Waals surface area contributed by atoms with Crippen molar-refractivity contribution in [1.82, 2.24) is 9.47 Å². The second-order valence-electron chi connectivity index (χ2n) is 6.75. The van der Waals surface area contributed by atoms with Crippen LogP contribution in [0.2, 0.25) is 0 Å². The Bertz CT molecular complexity index is 957. The van der Waals surface area contributed by atoms with Gasteiger partial charge in [0.1, 0.15) is 0 Å². The number of rotatable bonds is 8. The Morgan fingerprint density at radius 2 is 1.64 bits per heavy atom. The highest BCUT2D eigenvalue weighted by Gasteiger charge is 2.18. The third-order valence-corrected chi connectivity index (χ3v) is 4.60. The van der Waals surface area contributed by atoms with E-state index in [-0.39, 0.29) is 5.88 Å². The van der Waals surface area contributed by atoms with Crippen LogP contribution >= 0.6 is 0 Å². The molecule has 0 radical (unpaired) electrons. The molecule has 0 aliphatic rings. The summed E-state index contributed by atoms with van der Waals surface area (Å²) in [5.74, 6) is -0.404. The standard InChI is InChI=1S/C22H26N4O2/c1-3-14-25(15-4-2)16-26-19-13-9-8-12-18(19)20(22(26)28)23-24-21(27)17-10-6-5-7-11-17/h5-13,28H,3-4,14-16H2,1-2H3. The van der Waals surface area contributed by atoms with E-state index in [4.69, 9.17) is 0 Å². The SMILES string of the molecule is CCCN(CCC)Cn1c(O)c(N=NC(=O)c2ccccc2)c2ccccc21. The summed E-state index contributed by atoms with van der Waals surface area (Å²) >= 11 is 0. The lowest BCUT2D eigenvalue weighted by Crippen LogP contribution is -2.27. The van der Waals surface area contributed by atoms with E-state index in [2.05, 4.69) is 29.0 Å². The molecule has 0 saturated carbocycles. The fourth-order valence-corrected chi connectivity index (χ4v) is 3.33. The van der Waals surface area contributed by atoms with Crippen LogP contribution in [0.15, 0.2) is 64.8 Å². The molecule has 3 rings (SSSR count). The van der Waals surface area contributed by atoms with E-state index in [1.54, 1.807) is 24.3 Å². The summed E-state index contributed by atoms with van der Waals surface area (Å²) < 4.78 is 1.84. The van der Waals surface area contributed by atoms with Gasteiger partial charge in [-0.15, -0.1) is 10.2 Å². The number of nitrogens with zero attached hydrogens (tertiary/aromatic N) is 4. The van der Waals surface area contributed by atoms with Crippen molar-refractivity contribution in [2.24, 2.45) is 10.2 Å². The number of carbonyl (C=O) groups is 1. The minimum Gasteiger partial charge on any atom is -0.493 e. The number of azo groups is 1. The number of amides is 1. The molecule has 1 heterocycles. The Hall–Kier alpha value is -2.99. The van der Waals surface area contributed by atoms with Crippen LogP contribution in [0.5, 0.6) is 5.88 Å². The van der Waals surface area contributed by atoms with Crippen molar-refractivity contribution in [3.05, 3.63) is 60.2 Å². The van der Waals surface area contributed by atoms with Crippen LogP contribution in [0.3, 0.4) is 0 Å². The number of fused-ring (bicyclic) bond motifs is 1. The zero-order valence-electron chi connectivity index (χ0n) is 16.4. The Labute approximate surface area is 165 Å². The van der Waals surface area contributed by atoms with E-state index in [1.807, 2.05) is 34.9 Å². The molecular formula is C22H26N4O2. The van der Waals surface area contributed by atoms with Crippen molar-refractivity contribution in [3.8, 4) is 5.88 Å². The van der Waals surface area contributed by atoms with Crippen molar-refractivity contribution in [2.45, 2.75) is 33.4 Å². The van der Waals surface area contributed by atoms with Gasteiger partial charge in [0.2, 0.25) is 5.88 Å². The van der Waals surface area contributed by atoms with E-state index in [9.17, 15) is 9.90 Å². The van der Waals surface area contributed by atoms with Gasteiger partial charge in [-0.25, -0.2) is 0 Å². The summed E-state index contributed by atoms with van der Waals surface area (Å²) in [6.07, 6.45) is 2.08. The van der Waals surface area contributed by atoms with Gasteiger partial charge in [-0.2, -0.15) is 0 Å². The summed E-state index contributed by atoms with van der Waals surface area (Å²) in [7, 11) is 0. The number of aromatic nitrogens is 1. The zero-order chi connectivity index (χ0) is 19.9. The minimum absolute atomic E-state index is 0.0306. The molecule has 0 aliphatic heterocycles. The molecule has 146 valence electrons. The summed E-state index contributed by atoms with van der Waals surface area (Å²) in [6, 6.07) is 16.4. The molecule has 0 unspecified atom stereocenters. The maximum Gasteiger partial charge on any atom is 0.295 e. The topological polar surface area (TPSA) is 70.2 Å². The lowest BCUT2D eigenvalue weighted by Gasteiger charge is -2.22. The molecule has 0 bridgehead atoms. The first-order chi connectivity index (χ1) is 13.7. The maximum absolute atomic E-state index is 12.3. The van der Waals surface area contributed by atoms with E-state index in [0.29, 0.717) is 17.9 Å². The molecule has 0 saturated heterocycles. The first-order valence-electron chi connectivity index (χ1n) is 9.69. The number of benzene rings is 2. The van der Waals surface area contributed by atoms with Crippen molar-refractivity contribution >= 4 is 22.5 Å².